The fraction of sp³-hybridized carbons (Fsp3) is 0.857. The predicted octanol–water partition coefficient (Wildman–Crippen LogP) is 6.98. The molecule has 0 saturated heterocycles. The van der Waals surface area contributed by atoms with E-state index in [1.54, 1.807) is 0 Å². The van der Waals surface area contributed by atoms with E-state index in [0.717, 1.165) is 12.8 Å². The van der Waals surface area contributed by atoms with Gasteiger partial charge in [0.05, 0.1) is 6.61 Å². The van der Waals surface area contributed by atoms with Crippen LogP contribution in [0.5, 0.6) is 0 Å². The number of hydrogen-bond acceptors (Lipinski definition) is 2. The number of ether oxygens (including phenoxy) is 1. The van der Waals surface area contributed by atoms with Crippen molar-refractivity contribution in [3.63, 3.8) is 0 Å². The van der Waals surface area contributed by atoms with Gasteiger partial charge in [-0.3, -0.25) is 4.79 Å². The van der Waals surface area contributed by atoms with Gasteiger partial charge in [0.1, 0.15) is 0 Å². The molecule has 0 aromatic rings. The van der Waals surface area contributed by atoms with Gasteiger partial charge >= 0.3 is 5.97 Å². The van der Waals surface area contributed by atoms with E-state index in [9.17, 15) is 4.79 Å². The summed E-state index contributed by atoms with van der Waals surface area (Å²) in [5.41, 5.74) is 0. The summed E-state index contributed by atoms with van der Waals surface area (Å²) in [6, 6.07) is 0. The van der Waals surface area contributed by atoms with Crippen LogP contribution in [-0.4, -0.2) is 12.6 Å². The first-order chi connectivity index (χ1) is 11.3. The van der Waals surface area contributed by atoms with Gasteiger partial charge in [-0.1, -0.05) is 77.4 Å². The van der Waals surface area contributed by atoms with Crippen LogP contribution in [0.1, 0.15) is 110 Å². The first kappa shape index (κ1) is 22.2. The van der Waals surface area contributed by atoms with Crippen LogP contribution in [0.3, 0.4) is 0 Å². The van der Waals surface area contributed by atoms with E-state index in [-0.39, 0.29) is 5.97 Å². The largest absolute Gasteiger partial charge is 0.466 e. The molecule has 0 spiro atoms. The average Bonchev–Trinajstić information content (AvgIpc) is 2.56. The SMILES string of the molecule is CCCCCCC=CCCCCCCCCCC(=O)OCCC. The fourth-order valence-corrected chi connectivity index (χ4v) is 2.63. The monoisotopic (exact) mass is 324 g/mol. The smallest absolute Gasteiger partial charge is 0.305 e. The van der Waals surface area contributed by atoms with Crippen molar-refractivity contribution in [3.05, 3.63) is 12.2 Å². The maximum Gasteiger partial charge on any atom is 0.305 e. The highest BCUT2D eigenvalue weighted by Gasteiger charge is 2.01. The molecule has 0 aliphatic rings. The Bertz CT molecular complexity index is 271. The Kier molecular flexibility index (Phi) is 18.6. The van der Waals surface area contributed by atoms with E-state index in [1.165, 1.54) is 77.0 Å². The first-order valence-electron chi connectivity index (χ1n) is 10.1. The highest BCUT2D eigenvalue weighted by atomic mass is 16.5. The van der Waals surface area contributed by atoms with Crippen molar-refractivity contribution >= 4 is 5.97 Å². The predicted molar refractivity (Wildman–Crippen MR) is 101 cm³/mol. The number of rotatable bonds is 17. The molecule has 0 aliphatic carbocycles. The van der Waals surface area contributed by atoms with Gasteiger partial charge in [-0.15, -0.1) is 0 Å². The molecule has 2 nitrogen and oxygen atoms in total. The van der Waals surface area contributed by atoms with Crippen LogP contribution in [-0.2, 0) is 9.53 Å². The molecule has 0 aromatic heterocycles. The van der Waals surface area contributed by atoms with Crippen LogP contribution >= 0.6 is 0 Å². The van der Waals surface area contributed by atoms with Crippen LogP contribution < -0.4 is 0 Å². The van der Waals surface area contributed by atoms with Crippen molar-refractivity contribution in [2.75, 3.05) is 6.61 Å². The second-order valence-electron chi connectivity index (χ2n) is 6.55. The van der Waals surface area contributed by atoms with Crippen LogP contribution in [0.15, 0.2) is 12.2 Å². The summed E-state index contributed by atoms with van der Waals surface area (Å²) < 4.78 is 5.06. The lowest BCUT2D eigenvalue weighted by Crippen LogP contribution is -2.04. The Hall–Kier alpha value is -0.790. The lowest BCUT2D eigenvalue weighted by molar-refractivity contribution is -0.143. The number of carbonyl (C=O) groups is 1. The normalized spacial score (nSPS) is 11.2. The molecule has 136 valence electrons. The minimum Gasteiger partial charge on any atom is -0.466 e. The first-order valence-corrected chi connectivity index (χ1v) is 10.1. The topological polar surface area (TPSA) is 26.3 Å². The van der Waals surface area contributed by atoms with Crippen molar-refractivity contribution in [1.82, 2.24) is 0 Å². The minimum absolute atomic E-state index is 0.0201. The lowest BCUT2D eigenvalue weighted by atomic mass is 10.1. The van der Waals surface area contributed by atoms with Crippen molar-refractivity contribution in [3.8, 4) is 0 Å². The van der Waals surface area contributed by atoms with E-state index < -0.39 is 0 Å². The third-order valence-electron chi connectivity index (χ3n) is 4.11. The third kappa shape index (κ3) is 19.2. The van der Waals surface area contributed by atoms with Gasteiger partial charge in [-0.25, -0.2) is 0 Å². The molecular weight excluding hydrogens is 284 g/mol. The maximum atomic E-state index is 11.3. The molecule has 0 saturated carbocycles. The molecule has 0 fully saturated rings. The standard InChI is InChI=1S/C21H40O2/c1-3-5-6-7-8-9-10-11-12-13-14-15-16-17-18-19-21(22)23-20-4-2/h9-10H,3-8,11-20H2,1-2H3. The summed E-state index contributed by atoms with van der Waals surface area (Å²) in [7, 11) is 0. The summed E-state index contributed by atoms with van der Waals surface area (Å²) >= 11 is 0. The molecule has 2 heteroatoms. The van der Waals surface area contributed by atoms with E-state index in [0.29, 0.717) is 13.0 Å². The van der Waals surface area contributed by atoms with Crippen molar-refractivity contribution in [2.24, 2.45) is 0 Å². The highest BCUT2D eigenvalue weighted by Crippen LogP contribution is 2.11. The van der Waals surface area contributed by atoms with Gasteiger partial charge in [0, 0.05) is 6.42 Å². The number of hydrogen-bond donors (Lipinski definition) is 0. The molecule has 0 amide bonds. The zero-order valence-electron chi connectivity index (χ0n) is 15.8. The van der Waals surface area contributed by atoms with Crippen LogP contribution in [0.4, 0.5) is 0 Å². The number of unbranched alkanes of at least 4 members (excludes halogenated alkanes) is 11. The zero-order chi connectivity index (χ0) is 17.0. The molecule has 0 aromatic carbocycles. The molecule has 0 aliphatic heterocycles. The Labute approximate surface area is 145 Å². The van der Waals surface area contributed by atoms with Crippen molar-refractivity contribution < 1.29 is 9.53 Å². The number of carbonyl (C=O) groups excluding carboxylic acids is 1. The van der Waals surface area contributed by atoms with E-state index >= 15 is 0 Å². The van der Waals surface area contributed by atoms with E-state index in [2.05, 4.69) is 19.1 Å². The van der Waals surface area contributed by atoms with Crippen LogP contribution in [0.2, 0.25) is 0 Å². The number of allylic oxidation sites excluding steroid dienone is 2. The second kappa shape index (κ2) is 19.3. The third-order valence-corrected chi connectivity index (χ3v) is 4.11. The van der Waals surface area contributed by atoms with Gasteiger partial charge in [-0.05, 0) is 38.5 Å². The molecule has 23 heavy (non-hydrogen) atoms. The van der Waals surface area contributed by atoms with Gasteiger partial charge in [0.2, 0.25) is 0 Å². The summed E-state index contributed by atoms with van der Waals surface area (Å²) in [4.78, 5) is 11.3. The molecule has 0 N–H and O–H groups in total. The molecule has 0 bridgehead atoms. The molecule has 0 radical (unpaired) electrons. The Morgan fingerprint density at radius 1 is 0.696 bits per heavy atom. The van der Waals surface area contributed by atoms with Crippen molar-refractivity contribution in [2.45, 2.75) is 110 Å². The Morgan fingerprint density at radius 2 is 1.22 bits per heavy atom. The summed E-state index contributed by atoms with van der Waals surface area (Å²) in [6.07, 6.45) is 23.0. The second-order valence-corrected chi connectivity index (χ2v) is 6.55. The number of esters is 1. The van der Waals surface area contributed by atoms with E-state index in [4.69, 9.17) is 4.74 Å². The average molecular weight is 325 g/mol. The van der Waals surface area contributed by atoms with Gasteiger partial charge in [-0.2, -0.15) is 0 Å². The quantitative estimate of drug-likeness (QED) is 0.164. The molecule has 0 heterocycles. The Balaban J connectivity index is 3.13. The summed E-state index contributed by atoms with van der Waals surface area (Å²) in [5.74, 6) is -0.0201. The Morgan fingerprint density at radius 3 is 1.78 bits per heavy atom. The molecular formula is C21H40O2. The summed E-state index contributed by atoms with van der Waals surface area (Å²) in [5, 5.41) is 0. The maximum absolute atomic E-state index is 11.3. The van der Waals surface area contributed by atoms with Crippen LogP contribution in [0.25, 0.3) is 0 Å². The minimum atomic E-state index is -0.0201. The zero-order valence-corrected chi connectivity index (χ0v) is 15.8. The summed E-state index contributed by atoms with van der Waals surface area (Å²) in [6.45, 7) is 4.86. The van der Waals surface area contributed by atoms with Gasteiger partial charge < -0.3 is 4.74 Å². The fourth-order valence-electron chi connectivity index (χ4n) is 2.63. The highest BCUT2D eigenvalue weighted by molar-refractivity contribution is 5.69. The van der Waals surface area contributed by atoms with Gasteiger partial charge in [0.25, 0.3) is 0 Å². The van der Waals surface area contributed by atoms with Crippen molar-refractivity contribution in [1.29, 1.82) is 0 Å². The lowest BCUT2D eigenvalue weighted by Gasteiger charge is -2.03. The molecule has 0 unspecified atom stereocenters. The van der Waals surface area contributed by atoms with Gasteiger partial charge in [0.15, 0.2) is 0 Å². The van der Waals surface area contributed by atoms with Crippen LogP contribution in [0, 0.1) is 0 Å². The molecule has 0 rings (SSSR count). The molecule has 0 atom stereocenters. The van der Waals surface area contributed by atoms with E-state index in [1.807, 2.05) is 6.92 Å².